The van der Waals surface area contributed by atoms with Crippen LogP contribution < -0.4 is 0 Å². The summed E-state index contributed by atoms with van der Waals surface area (Å²) in [6.07, 6.45) is 0. The van der Waals surface area contributed by atoms with Crippen LogP contribution in [0.15, 0.2) is 24.3 Å². The van der Waals surface area contributed by atoms with Gasteiger partial charge in [0.2, 0.25) is 11.8 Å². The van der Waals surface area contributed by atoms with Crippen LogP contribution in [-0.2, 0) is 14.3 Å². The fourth-order valence-electron chi connectivity index (χ4n) is 2.86. The Morgan fingerprint density at radius 3 is 2.05 bits per heavy atom. The number of benzene rings is 1. The minimum atomic E-state index is -0.394. The summed E-state index contributed by atoms with van der Waals surface area (Å²) < 4.78 is 4.62. The zero-order valence-corrected chi connectivity index (χ0v) is 10.6. The number of likely N-dealkylation sites (tertiary alicyclic amines) is 1. The third-order valence-electron chi connectivity index (χ3n) is 3.97. The Kier molecular flexibility index (Phi) is 2.45. The van der Waals surface area contributed by atoms with Crippen molar-refractivity contribution in [1.82, 2.24) is 4.90 Å². The van der Waals surface area contributed by atoms with E-state index < -0.39 is 5.97 Å². The highest BCUT2D eigenvalue weighted by atomic mass is 16.5. The molecule has 1 aromatic rings. The first kappa shape index (κ1) is 11.9. The van der Waals surface area contributed by atoms with Gasteiger partial charge in [-0.25, -0.2) is 4.79 Å². The molecule has 3 atom stereocenters. The van der Waals surface area contributed by atoms with E-state index in [0.29, 0.717) is 5.56 Å². The van der Waals surface area contributed by atoms with Crippen LogP contribution in [0.4, 0.5) is 0 Å². The molecule has 1 saturated heterocycles. The molecule has 0 N–H and O–H groups in total. The molecule has 0 bridgehead atoms. The van der Waals surface area contributed by atoms with Crippen molar-refractivity contribution in [3.63, 3.8) is 0 Å². The molecule has 2 fully saturated rings. The summed E-state index contributed by atoms with van der Waals surface area (Å²) in [5.41, 5.74) is 1.39. The van der Waals surface area contributed by atoms with Gasteiger partial charge in [0.15, 0.2) is 0 Å². The number of esters is 1. The van der Waals surface area contributed by atoms with Crippen LogP contribution in [0.5, 0.6) is 0 Å². The lowest BCUT2D eigenvalue weighted by Gasteiger charge is -2.12. The van der Waals surface area contributed by atoms with Crippen LogP contribution in [0, 0.1) is 11.8 Å². The normalized spacial score (nSPS) is 28.3. The number of fused-ring (bicyclic) bond motifs is 1. The second-order valence-corrected chi connectivity index (χ2v) is 4.93. The molecular weight excluding hydrogens is 246 g/mol. The average molecular weight is 259 g/mol. The van der Waals surface area contributed by atoms with Crippen molar-refractivity contribution in [3.8, 4) is 0 Å². The minimum absolute atomic E-state index is 0.0251. The quantitative estimate of drug-likeness (QED) is 0.582. The molecule has 0 spiro atoms. The molecule has 2 aliphatic rings. The molecule has 19 heavy (non-hydrogen) atoms. The molecule has 1 aliphatic heterocycles. The van der Waals surface area contributed by atoms with Gasteiger partial charge in [-0.2, -0.15) is 0 Å². The third kappa shape index (κ3) is 1.58. The third-order valence-corrected chi connectivity index (χ3v) is 3.97. The molecule has 0 aromatic heterocycles. The zero-order valence-electron chi connectivity index (χ0n) is 10.6. The Labute approximate surface area is 110 Å². The maximum atomic E-state index is 11.8. The van der Waals surface area contributed by atoms with E-state index in [1.165, 1.54) is 19.1 Å². The van der Waals surface area contributed by atoms with Crippen molar-refractivity contribution >= 4 is 17.8 Å². The summed E-state index contributed by atoms with van der Waals surface area (Å²) in [5.74, 6) is -1.03. The molecule has 5 heteroatoms. The topological polar surface area (TPSA) is 63.7 Å². The number of hydrogen-bond donors (Lipinski definition) is 0. The predicted molar refractivity (Wildman–Crippen MR) is 65.3 cm³/mol. The van der Waals surface area contributed by atoms with Crippen LogP contribution in [0.25, 0.3) is 0 Å². The molecule has 1 unspecified atom stereocenters. The summed E-state index contributed by atoms with van der Waals surface area (Å²) in [4.78, 5) is 36.1. The van der Waals surface area contributed by atoms with E-state index in [0.717, 1.165) is 5.56 Å². The fourth-order valence-corrected chi connectivity index (χ4v) is 2.86. The summed E-state index contributed by atoms with van der Waals surface area (Å²) in [6.45, 7) is 0. The van der Waals surface area contributed by atoms with Gasteiger partial charge in [0.25, 0.3) is 0 Å². The number of imide groups is 1. The molecule has 3 rings (SSSR count). The Bertz CT molecular complexity index is 556. The number of piperidine rings is 1. The highest BCUT2D eigenvalue weighted by Gasteiger charge is 2.66. The van der Waals surface area contributed by atoms with Crippen LogP contribution in [0.1, 0.15) is 21.8 Å². The fraction of sp³-hybridized carbons (Fsp3) is 0.357. The number of nitrogens with zero attached hydrogens (tertiary/aromatic N) is 1. The zero-order chi connectivity index (χ0) is 13.7. The summed E-state index contributed by atoms with van der Waals surface area (Å²) in [7, 11) is 2.85. The number of hydrogen-bond acceptors (Lipinski definition) is 4. The number of carbonyl (C=O) groups excluding carboxylic acids is 3. The first-order valence-electron chi connectivity index (χ1n) is 6.06. The van der Waals surface area contributed by atoms with E-state index >= 15 is 0 Å². The SMILES string of the molecule is COC(=O)c1ccc(C2[C@H]3C(=O)N(C)C(=O)[C@@H]23)cc1. The lowest BCUT2D eigenvalue weighted by Crippen LogP contribution is -2.30. The first-order valence-corrected chi connectivity index (χ1v) is 6.06. The highest BCUT2D eigenvalue weighted by Crippen LogP contribution is 2.59. The van der Waals surface area contributed by atoms with Gasteiger partial charge in [0, 0.05) is 13.0 Å². The van der Waals surface area contributed by atoms with Crippen molar-refractivity contribution in [1.29, 1.82) is 0 Å². The van der Waals surface area contributed by atoms with Gasteiger partial charge in [-0.1, -0.05) is 12.1 Å². The molecule has 0 radical (unpaired) electrons. The van der Waals surface area contributed by atoms with E-state index in [-0.39, 0.29) is 29.6 Å². The monoisotopic (exact) mass is 259 g/mol. The van der Waals surface area contributed by atoms with E-state index in [4.69, 9.17) is 0 Å². The Balaban J connectivity index is 1.82. The van der Waals surface area contributed by atoms with Crippen LogP contribution in [0.3, 0.4) is 0 Å². The van der Waals surface area contributed by atoms with E-state index in [9.17, 15) is 14.4 Å². The Morgan fingerprint density at radius 1 is 1.05 bits per heavy atom. The largest absolute Gasteiger partial charge is 0.465 e. The van der Waals surface area contributed by atoms with Crippen molar-refractivity contribution in [3.05, 3.63) is 35.4 Å². The van der Waals surface area contributed by atoms with Gasteiger partial charge >= 0.3 is 5.97 Å². The van der Waals surface area contributed by atoms with Crippen molar-refractivity contribution < 1.29 is 19.1 Å². The van der Waals surface area contributed by atoms with Crippen LogP contribution in [0.2, 0.25) is 0 Å². The first-order chi connectivity index (χ1) is 9.06. The van der Waals surface area contributed by atoms with Gasteiger partial charge in [0.1, 0.15) is 0 Å². The van der Waals surface area contributed by atoms with Crippen molar-refractivity contribution in [2.75, 3.05) is 14.2 Å². The number of amides is 2. The lowest BCUT2D eigenvalue weighted by atomic mass is 10.0. The smallest absolute Gasteiger partial charge is 0.337 e. The minimum Gasteiger partial charge on any atom is -0.465 e. The van der Waals surface area contributed by atoms with E-state index in [1.54, 1.807) is 24.3 Å². The van der Waals surface area contributed by atoms with Crippen LogP contribution >= 0.6 is 0 Å². The van der Waals surface area contributed by atoms with Gasteiger partial charge in [-0.05, 0) is 17.7 Å². The van der Waals surface area contributed by atoms with Gasteiger partial charge in [0.05, 0.1) is 24.5 Å². The van der Waals surface area contributed by atoms with Crippen molar-refractivity contribution in [2.24, 2.45) is 11.8 Å². The molecule has 5 nitrogen and oxygen atoms in total. The molecular formula is C14H13NO4. The summed E-state index contributed by atoms with van der Waals surface area (Å²) in [5, 5.41) is 0. The number of ether oxygens (including phenoxy) is 1. The van der Waals surface area contributed by atoms with Crippen molar-refractivity contribution in [2.45, 2.75) is 5.92 Å². The summed E-state index contributed by atoms with van der Waals surface area (Å²) in [6, 6.07) is 6.90. The standard InChI is InChI=1S/C14H13NO4/c1-15-12(16)10-9(11(10)13(15)17)7-3-5-8(6-4-7)14(18)19-2/h3-6,9-11H,1-2H3/t9?,10-,11+. The number of carbonyl (C=O) groups is 3. The molecule has 1 saturated carbocycles. The van der Waals surface area contributed by atoms with Gasteiger partial charge < -0.3 is 4.74 Å². The molecule has 1 aliphatic carbocycles. The van der Waals surface area contributed by atoms with Gasteiger partial charge in [-0.15, -0.1) is 0 Å². The number of methoxy groups -OCH3 is 1. The molecule has 2 amide bonds. The number of rotatable bonds is 2. The molecule has 98 valence electrons. The van der Waals surface area contributed by atoms with Crippen LogP contribution in [-0.4, -0.2) is 36.8 Å². The Hall–Kier alpha value is -2.17. The van der Waals surface area contributed by atoms with E-state index in [2.05, 4.69) is 4.74 Å². The molecule has 1 aromatic carbocycles. The average Bonchev–Trinajstić information content (AvgIpc) is 3.14. The second kappa shape index (κ2) is 3.91. The van der Waals surface area contributed by atoms with Gasteiger partial charge in [-0.3, -0.25) is 14.5 Å². The van der Waals surface area contributed by atoms with E-state index in [1.807, 2.05) is 0 Å². The Morgan fingerprint density at radius 2 is 1.58 bits per heavy atom. The lowest BCUT2D eigenvalue weighted by molar-refractivity contribution is -0.139. The highest BCUT2D eigenvalue weighted by molar-refractivity contribution is 6.10. The predicted octanol–water partition coefficient (Wildman–Crippen LogP) is 0.801. The summed E-state index contributed by atoms with van der Waals surface area (Å²) >= 11 is 0. The maximum Gasteiger partial charge on any atom is 0.337 e. The molecule has 1 heterocycles. The maximum absolute atomic E-state index is 11.8. The second-order valence-electron chi connectivity index (χ2n) is 4.93.